The average Bonchev–Trinajstić information content (AvgIpc) is 2.94. The maximum atomic E-state index is 13.6. The van der Waals surface area contributed by atoms with Gasteiger partial charge in [0.2, 0.25) is 11.8 Å². The number of nitrogens with zero attached hydrogens (tertiary/aromatic N) is 4. The highest BCUT2D eigenvalue weighted by Crippen LogP contribution is 2.18. The molecule has 0 saturated carbocycles. The van der Waals surface area contributed by atoms with Gasteiger partial charge in [-0.1, -0.05) is 43.0 Å². The lowest BCUT2D eigenvalue weighted by atomic mass is 10.0. The highest BCUT2D eigenvalue weighted by atomic mass is 16.4. The maximum Gasteiger partial charge on any atom is 0.408 e. The van der Waals surface area contributed by atoms with Crippen molar-refractivity contribution in [3.63, 3.8) is 0 Å². The van der Waals surface area contributed by atoms with E-state index in [9.17, 15) is 24.3 Å². The van der Waals surface area contributed by atoms with Gasteiger partial charge in [0.15, 0.2) is 0 Å². The van der Waals surface area contributed by atoms with Crippen LogP contribution in [-0.2, 0) is 16.1 Å². The first-order valence-corrected chi connectivity index (χ1v) is 12.3. The smallest absolute Gasteiger partial charge is 0.408 e. The molecule has 1 aliphatic heterocycles. The van der Waals surface area contributed by atoms with Gasteiger partial charge in [0.25, 0.3) is 5.91 Å². The molecule has 0 spiro atoms. The van der Waals surface area contributed by atoms with Gasteiger partial charge in [-0.25, -0.2) is 4.79 Å². The SMILES string of the molecule is C=CC(=O)NCCCCC(C(=O)N1CCN(C(=O)c2ccccn2)CC1)N(Cc1ccccc1)C(=O)O. The molecule has 4 amide bonds. The summed E-state index contributed by atoms with van der Waals surface area (Å²) in [6.45, 7) is 5.20. The molecule has 1 fully saturated rings. The van der Waals surface area contributed by atoms with Crippen LogP contribution in [0.1, 0.15) is 35.3 Å². The number of carbonyl (C=O) groups is 4. The van der Waals surface area contributed by atoms with Gasteiger partial charge in [0, 0.05) is 45.5 Å². The number of rotatable bonds is 11. The number of benzene rings is 1. The van der Waals surface area contributed by atoms with E-state index in [2.05, 4.69) is 16.9 Å². The summed E-state index contributed by atoms with van der Waals surface area (Å²) in [6, 6.07) is 13.4. The monoisotopic (exact) mass is 507 g/mol. The number of carbonyl (C=O) groups excluding carboxylic acids is 3. The zero-order valence-electron chi connectivity index (χ0n) is 20.8. The number of aromatic nitrogens is 1. The Morgan fingerprint density at radius 3 is 2.30 bits per heavy atom. The van der Waals surface area contributed by atoms with Gasteiger partial charge in [0.05, 0.1) is 0 Å². The molecular weight excluding hydrogens is 474 g/mol. The second-order valence-electron chi connectivity index (χ2n) is 8.74. The van der Waals surface area contributed by atoms with Gasteiger partial charge >= 0.3 is 6.09 Å². The molecule has 10 nitrogen and oxygen atoms in total. The molecule has 2 heterocycles. The third-order valence-corrected chi connectivity index (χ3v) is 6.25. The van der Waals surface area contributed by atoms with Crippen molar-refractivity contribution in [2.75, 3.05) is 32.7 Å². The van der Waals surface area contributed by atoms with Crippen LogP contribution >= 0.6 is 0 Å². The van der Waals surface area contributed by atoms with Crippen LogP contribution in [0.25, 0.3) is 0 Å². The first kappa shape index (κ1) is 27.4. The summed E-state index contributed by atoms with van der Waals surface area (Å²) in [5.74, 6) is -0.748. The predicted molar refractivity (Wildman–Crippen MR) is 138 cm³/mol. The highest BCUT2D eigenvalue weighted by molar-refractivity contribution is 5.92. The predicted octanol–water partition coefficient (Wildman–Crippen LogP) is 2.39. The van der Waals surface area contributed by atoms with Gasteiger partial charge in [-0.2, -0.15) is 0 Å². The minimum absolute atomic E-state index is 0.0813. The Morgan fingerprint density at radius 1 is 1.00 bits per heavy atom. The quantitative estimate of drug-likeness (QED) is 0.356. The minimum atomic E-state index is -1.17. The fourth-order valence-electron chi connectivity index (χ4n) is 4.24. The van der Waals surface area contributed by atoms with E-state index >= 15 is 0 Å². The van der Waals surface area contributed by atoms with E-state index in [1.165, 1.54) is 11.0 Å². The van der Waals surface area contributed by atoms with E-state index in [0.29, 0.717) is 57.7 Å². The molecule has 1 saturated heterocycles. The summed E-state index contributed by atoms with van der Waals surface area (Å²) in [5.41, 5.74) is 1.13. The Bertz CT molecular complexity index is 1070. The van der Waals surface area contributed by atoms with E-state index in [4.69, 9.17) is 0 Å². The zero-order chi connectivity index (χ0) is 26.6. The number of pyridine rings is 1. The van der Waals surface area contributed by atoms with Crippen molar-refractivity contribution in [3.05, 3.63) is 78.6 Å². The number of hydrogen-bond acceptors (Lipinski definition) is 5. The number of piperazine rings is 1. The summed E-state index contributed by atoms with van der Waals surface area (Å²) in [6.07, 6.45) is 3.03. The molecule has 196 valence electrons. The number of unbranched alkanes of at least 4 members (excludes halogenated alkanes) is 1. The lowest BCUT2D eigenvalue weighted by Crippen LogP contribution is -2.56. The van der Waals surface area contributed by atoms with E-state index in [-0.39, 0.29) is 24.3 Å². The fraction of sp³-hybridized carbons (Fsp3) is 0.370. The van der Waals surface area contributed by atoms with Crippen LogP contribution in [0.2, 0.25) is 0 Å². The number of nitrogens with one attached hydrogen (secondary N) is 1. The fourth-order valence-corrected chi connectivity index (χ4v) is 4.24. The van der Waals surface area contributed by atoms with Crippen molar-refractivity contribution >= 4 is 23.8 Å². The first-order chi connectivity index (χ1) is 17.9. The second-order valence-corrected chi connectivity index (χ2v) is 8.74. The third-order valence-electron chi connectivity index (χ3n) is 6.25. The summed E-state index contributed by atoms with van der Waals surface area (Å²) in [4.78, 5) is 58.6. The molecule has 1 aromatic carbocycles. The standard InChI is InChI=1S/C27H33N5O5/c1-2-24(33)29-15-9-7-13-23(32(27(36)37)20-21-10-4-3-5-11-21)26(35)31-18-16-30(17-19-31)25(34)22-12-6-8-14-28-22/h2-6,8,10-12,14,23H,1,7,9,13,15-20H2,(H,29,33)(H,36,37). The Labute approximate surface area is 216 Å². The maximum absolute atomic E-state index is 13.6. The normalized spacial score (nSPS) is 13.9. The number of carboxylic acid groups (broad SMARTS) is 1. The first-order valence-electron chi connectivity index (χ1n) is 12.3. The van der Waals surface area contributed by atoms with Gasteiger partial charge in [-0.3, -0.25) is 24.3 Å². The van der Waals surface area contributed by atoms with Crippen molar-refractivity contribution in [1.82, 2.24) is 25.0 Å². The largest absolute Gasteiger partial charge is 0.465 e. The Balaban J connectivity index is 1.67. The topological polar surface area (TPSA) is 123 Å². The molecule has 0 aliphatic carbocycles. The van der Waals surface area contributed by atoms with E-state index in [1.807, 2.05) is 30.3 Å². The van der Waals surface area contributed by atoms with Crippen LogP contribution in [0, 0.1) is 0 Å². The van der Waals surface area contributed by atoms with Crippen LogP contribution in [-0.4, -0.2) is 87.4 Å². The van der Waals surface area contributed by atoms with Crippen LogP contribution in [0.5, 0.6) is 0 Å². The molecule has 2 aromatic rings. The Kier molecular flexibility index (Phi) is 10.2. The van der Waals surface area contributed by atoms with Gasteiger partial charge in [0.1, 0.15) is 11.7 Å². The van der Waals surface area contributed by atoms with Crippen molar-refractivity contribution in [2.45, 2.75) is 31.8 Å². The third kappa shape index (κ3) is 7.89. The second kappa shape index (κ2) is 13.8. The molecular formula is C27H33N5O5. The summed E-state index contributed by atoms with van der Waals surface area (Å²) in [7, 11) is 0. The van der Waals surface area contributed by atoms with Crippen LogP contribution in [0.3, 0.4) is 0 Å². The molecule has 2 N–H and O–H groups in total. The van der Waals surface area contributed by atoms with E-state index in [0.717, 1.165) is 5.56 Å². The van der Waals surface area contributed by atoms with Gasteiger partial charge in [-0.05, 0) is 43.0 Å². The molecule has 0 bridgehead atoms. The van der Waals surface area contributed by atoms with Crippen molar-refractivity contribution in [1.29, 1.82) is 0 Å². The summed E-state index contributed by atoms with van der Waals surface area (Å²) >= 11 is 0. The molecule has 1 aromatic heterocycles. The Morgan fingerprint density at radius 2 is 1.68 bits per heavy atom. The van der Waals surface area contributed by atoms with Crippen LogP contribution < -0.4 is 5.32 Å². The average molecular weight is 508 g/mol. The lowest BCUT2D eigenvalue weighted by Gasteiger charge is -2.38. The molecule has 1 unspecified atom stereocenters. The van der Waals surface area contributed by atoms with Gasteiger partial charge < -0.3 is 20.2 Å². The van der Waals surface area contributed by atoms with Crippen molar-refractivity contribution in [2.24, 2.45) is 0 Å². The molecule has 0 radical (unpaired) electrons. The van der Waals surface area contributed by atoms with Crippen molar-refractivity contribution < 1.29 is 24.3 Å². The summed E-state index contributed by atoms with van der Waals surface area (Å²) < 4.78 is 0. The molecule has 37 heavy (non-hydrogen) atoms. The minimum Gasteiger partial charge on any atom is -0.465 e. The van der Waals surface area contributed by atoms with E-state index in [1.54, 1.807) is 34.2 Å². The van der Waals surface area contributed by atoms with Crippen LogP contribution in [0.15, 0.2) is 67.4 Å². The highest BCUT2D eigenvalue weighted by Gasteiger charge is 2.35. The molecule has 3 rings (SSSR count). The molecule has 10 heteroatoms. The zero-order valence-corrected chi connectivity index (χ0v) is 20.8. The summed E-state index contributed by atoms with van der Waals surface area (Å²) in [5, 5.41) is 12.7. The lowest BCUT2D eigenvalue weighted by molar-refractivity contribution is -0.138. The number of amides is 4. The Hall–Kier alpha value is -4.21. The number of hydrogen-bond donors (Lipinski definition) is 2. The van der Waals surface area contributed by atoms with Crippen LogP contribution in [0.4, 0.5) is 4.79 Å². The van der Waals surface area contributed by atoms with Gasteiger partial charge in [-0.15, -0.1) is 0 Å². The molecule has 1 aliphatic rings. The van der Waals surface area contributed by atoms with Crippen molar-refractivity contribution in [3.8, 4) is 0 Å². The molecule has 1 atom stereocenters. The van der Waals surface area contributed by atoms with E-state index < -0.39 is 12.1 Å².